The number of piperazine rings is 1. The maximum atomic E-state index is 12.9. The highest BCUT2D eigenvalue weighted by molar-refractivity contribution is 7.16. The van der Waals surface area contributed by atoms with E-state index in [9.17, 15) is 9.90 Å². The van der Waals surface area contributed by atoms with Crippen LogP contribution in [0.1, 0.15) is 5.56 Å². The van der Waals surface area contributed by atoms with Crippen LogP contribution in [0, 0.1) is 6.92 Å². The molecule has 128 valence electrons. The van der Waals surface area contributed by atoms with Gasteiger partial charge in [0.05, 0.1) is 11.4 Å². The van der Waals surface area contributed by atoms with Crippen molar-refractivity contribution in [1.82, 2.24) is 0 Å². The Labute approximate surface area is 150 Å². The molecule has 0 bridgehead atoms. The molecule has 25 heavy (non-hydrogen) atoms. The normalized spacial score (nSPS) is 14.9. The quantitative estimate of drug-likeness (QED) is 0.765. The highest BCUT2D eigenvalue weighted by atomic mass is 32.1. The number of aryl methyl sites for hydroxylation is 1. The first kappa shape index (κ1) is 16.0. The van der Waals surface area contributed by atoms with E-state index >= 15 is 0 Å². The van der Waals surface area contributed by atoms with Crippen LogP contribution in [0.25, 0.3) is 10.1 Å². The average molecular weight is 352 g/mol. The summed E-state index contributed by atoms with van der Waals surface area (Å²) in [5, 5.41) is 12.8. The van der Waals surface area contributed by atoms with Gasteiger partial charge in [-0.25, -0.2) is 0 Å². The topological polar surface area (TPSA) is 43.8 Å². The Morgan fingerprint density at radius 2 is 1.64 bits per heavy atom. The Balaban J connectivity index is 1.59. The Kier molecular flexibility index (Phi) is 4.09. The Bertz CT molecular complexity index is 975. The lowest BCUT2D eigenvalue weighted by Crippen LogP contribution is -2.47. The van der Waals surface area contributed by atoms with Crippen LogP contribution < -0.4 is 15.2 Å². The zero-order chi connectivity index (χ0) is 17.4. The molecule has 3 aromatic rings. The van der Waals surface area contributed by atoms with Crippen LogP contribution in [0.15, 0.2) is 52.6 Å². The number of fused-ring (bicyclic) bond motifs is 1. The fourth-order valence-electron chi connectivity index (χ4n) is 3.37. The molecule has 1 fully saturated rings. The molecule has 4 nitrogen and oxygen atoms in total. The van der Waals surface area contributed by atoms with Crippen LogP contribution in [0.2, 0.25) is 0 Å². The first-order chi connectivity index (χ1) is 12.1. The monoisotopic (exact) mass is 352 g/mol. The van der Waals surface area contributed by atoms with E-state index in [0.29, 0.717) is 5.75 Å². The van der Waals surface area contributed by atoms with Crippen LogP contribution in [0.3, 0.4) is 0 Å². The molecule has 0 radical (unpaired) electrons. The second-order valence-corrected chi connectivity index (χ2v) is 7.32. The minimum absolute atomic E-state index is 0.119. The number of benzene rings is 2. The van der Waals surface area contributed by atoms with Gasteiger partial charge in [-0.15, -0.1) is 11.3 Å². The molecule has 0 amide bonds. The van der Waals surface area contributed by atoms with Crippen molar-refractivity contribution in [3.63, 3.8) is 0 Å². The van der Waals surface area contributed by atoms with Crippen LogP contribution in [-0.2, 0) is 0 Å². The van der Waals surface area contributed by atoms with Gasteiger partial charge >= 0.3 is 0 Å². The van der Waals surface area contributed by atoms with E-state index < -0.39 is 0 Å². The molecule has 0 unspecified atom stereocenters. The number of phenolic OH excluding ortho intramolecular Hbond substituents is 1. The van der Waals surface area contributed by atoms with E-state index in [1.807, 2.05) is 48.7 Å². The number of nitrogens with zero attached hydrogens (tertiary/aromatic N) is 2. The minimum Gasteiger partial charge on any atom is -0.506 e. The van der Waals surface area contributed by atoms with E-state index in [1.54, 1.807) is 17.4 Å². The summed E-state index contributed by atoms with van der Waals surface area (Å²) < 4.78 is 1.03. The average Bonchev–Trinajstić information content (AvgIpc) is 2.63. The lowest BCUT2D eigenvalue weighted by molar-refractivity contribution is 0.472. The van der Waals surface area contributed by atoms with Crippen molar-refractivity contribution in [2.24, 2.45) is 0 Å². The van der Waals surface area contributed by atoms with E-state index in [-0.39, 0.29) is 5.43 Å². The summed E-state index contributed by atoms with van der Waals surface area (Å²) in [6, 6.07) is 13.5. The van der Waals surface area contributed by atoms with Crippen molar-refractivity contribution in [3.8, 4) is 5.75 Å². The Hall–Kier alpha value is -2.53. The molecule has 0 atom stereocenters. The molecule has 1 saturated heterocycles. The number of anilines is 2. The van der Waals surface area contributed by atoms with Gasteiger partial charge < -0.3 is 14.9 Å². The molecule has 0 aliphatic carbocycles. The number of rotatable bonds is 2. The molecular formula is C20H20N2O2S. The van der Waals surface area contributed by atoms with Gasteiger partial charge in [0, 0.05) is 41.6 Å². The highest BCUT2D eigenvalue weighted by Crippen LogP contribution is 2.28. The number of phenols is 1. The molecular weight excluding hydrogens is 332 g/mol. The first-order valence-electron chi connectivity index (χ1n) is 8.43. The second-order valence-electron chi connectivity index (χ2n) is 6.41. The van der Waals surface area contributed by atoms with Gasteiger partial charge in [-0.2, -0.15) is 0 Å². The molecule has 2 aromatic carbocycles. The third kappa shape index (κ3) is 2.96. The maximum absolute atomic E-state index is 12.9. The summed E-state index contributed by atoms with van der Waals surface area (Å²) in [4.78, 5) is 17.2. The van der Waals surface area contributed by atoms with Gasteiger partial charge in [0.15, 0.2) is 0 Å². The van der Waals surface area contributed by atoms with Crippen LogP contribution in [-0.4, -0.2) is 31.3 Å². The number of hydrogen-bond donors (Lipinski definition) is 1. The first-order valence-corrected chi connectivity index (χ1v) is 9.31. The van der Waals surface area contributed by atoms with Crippen molar-refractivity contribution < 1.29 is 5.11 Å². The van der Waals surface area contributed by atoms with Crippen molar-refractivity contribution in [2.75, 3.05) is 36.0 Å². The fourth-order valence-corrected chi connectivity index (χ4v) is 4.29. The van der Waals surface area contributed by atoms with Gasteiger partial charge in [-0.3, -0.25) is 4.79 Å². The lowest BCUT2D eigenvalue weighted by atomic mass is 10.1. The summed E-state index contributed by atoms with van der Waals surface area (Å²) in [6.07, 6.45) is 0. The largest absolute Gasteiger partial charge is 0.506 e. The maximum Gasteiger partial charge on any atom is 0.211 e. The van der Waals surface area contributed by atoms with Gasteiger partial charge in [-0.1, -0.05) is 23.8 Å². The molecule has 1 N–H and O–H groups in total. The SMILES string of the molecule is Cc1ccc2scc(N3CCN(c4ccccc4O)CC3)c(=O)c2c1. The third-order valence-electron chi connectivity index (χ3n) is 4.75. The van der Waals surface area contributed by atoms with E-state index in [0.717, 1.165) is 53.2 Å². The van der Waals surface area contributed by atoms with E-state index in [1.165, 1.54) is 0 Å². The van der Waals surface area contributed by atoms with Gasteiger partial charge in [-0.05, 0) is 31.2 Å². The second kappa shape index (κ2) is 6.41. The molecule has 2 heterocycles. The van der Waals surface area contributed by atoms with E-state index in [2.05, 4.69) is 9.80 Å². The third-order valence-corrected chi connectivity index (χ3v) is 5.70. The number of hydrogen-bond acceptors (Lipinski definition) is 5. The molecule has 1 aliphatic rings. The van der Waals surface area contributed by atoms with Crippen molar-refractivity contribution >= 4 is 32.8 Å². The van der Waals surface area contributed by atoms with Crippen molar-refractivity contribution in [3.05, 3.63) is 63.6 Å². The minimum atomic E-state index is 0.119. The van der Waals surface area contributed by atoms with Crippen molar-refractivity contribution in [1.29, 1.82) is 0 Å². The molecule has 1 aliphatic heterocycles. The summed E-state index contributed by atoms with van der Waals surface area (Å²) in [6.45, 7) is 5.13. The van der Waals surface area contributed by atoms with Gasteiger partial charge in [0.2, 0.25) is 5.43 Å². The van der Waals surface area contributed by atoms with Crippen molar-refractivity contribution in [2.45, 2.75) is 6.92 Å². The zero-order valence-electron chi connectivity index (χ0n) is 14.1. The smallest absolute Gasteiger partial charge is 0.211 e. The summed E-state index contributed by atoms with van der Waals surface area (Å²) in [7, 11) is 0. The molecule has 1 aromatic heterocycles. The Morgan fingerprint density at radius 1 is 0.960 bits per heavy atom. The highest BCUT2D eigenvalue weighted by Gasteiger charge is 2.21. The zero-order valence-corrected chi connectivity index (χ0v) is 14.9. The molecule has 0 spiro atoms. The summed E-state index contributed by atoms with van der Waals surface area (Å²) in [5.74, 6) is 0.309. The standard InChI is InChI=1S/C20H20N2O2S/c1-14-6-7-19-15(12-14)20(24)17(13-25-19)22-10-8-21(9-11-22)16-4-2-3-5-18(16)23/h2-7,12-13,23H,8-11H2,1H3. The predicted octanol–water partition coefficient (Wildman–Crippen LogP) is 3.60. The summed E-state index contributed by atoms with van der Waals surface area (Å²) >= 11 is 1.62. The van der Waals surface area contributed by atoms with Gasteiger partial charge in [0.25, 0.3) is 0 Å². The molecule has 0 saturated carbocycles. The van der Waals surface area contributed by atoms with Crippen LogP contribution in [0.4, 0.5) is 11.4 Å². The van der Waals surface area contributed by atoms with Crippen LogP contribution >= 0.6 is 11.3 Å². The van der Waals surface area contributed by atoms with Gasteiger partial charge in [0.1, 0.15) is 5.75 Å². The summed E-state index contributed by atoms with van der Waals surface area (Å²) in [5.41, 5.74) is 2.88. The van der Waals surface area contributed by atoms with E-state index in [4.69, 9.17) is 0 Å². The van der Waals surface area contributed by atoms with Crippen LogP contribution in [0.5, 0.6) is 5.75 Å². The number of aromatic hydroxyl groups is 1. The Morgan fingerprint density at radius 3 is 2.36 bits per heavy atom. The fraction of sp³-hybridized carbons (Fsp3) is 0.250. The predicted molar refractivity (Wildman–Crippen MR) is 105 cm³/mol. The lowest BCUT2D eigenvalue weighted by Gasteiger charge is -2.37. The molecule has 4 rings (SSSR count). The molecule has 5 heteroatoms. The number of para-hydroxylation sites is 2.